The highest BCUT2D eigenvalue weighted by atomic mass is 16.5. The van der Waals surface area contributed by atoms with Gasteiger partial charge in [-0.2, -0.15) is 0 Å². The van der Waals surface area contributed by atoms with Crippen molar-refractivity contribution >= 4 is 23.4 Å². The first-order chi connectivity index (χ1) is 20.9. The van der Waals surface area contributed by atoms with Crippen molar-refractivity contribution < 1.29 is 23.9 Å². The molecule has 0 aliphatic heterocycles. The van der Waals surface area contributed by atoms with E-state index in [4.69, 9.17) is 16.2 Å². The van der Waals surface area contributed by atoms with Crippen LogP contribution >= 0.6 is 0 Å². The maximum atomic E-state index is 12.4. The molecule has 0 radical (unpaired) electrons. The van der Waals surface area contributed by atoms with Gasteiger partial charge in [-0.15, -0.1) is 5.10 Å². The third-order valence-corrected chi connectivity index (χ3v) is 7.94. The molecule has 0 spiro atoms. The van der Waals surface area contributed by atoms with Gasteiger partial charge in [-0.05, 0) is 72.6 Å². The summed E-state index contributed by atoms with van der Waals surface area (Å²) in [5.74, 6) is -0.0420. The number of ketones is 2. The fourth-order valence-corrected chi connectivity index (χ4v) is 4.63. The number of aryl methyl sites for hydroxylation is 1. The molecule has 2 amide bonds. The molecule has 45 heavy (non-hydrogen) atoms. The Balaban J connectivity index is 2.32. The molecule has 0 saturated carbocycles. The minimum Gasteiger partial charge on any atom is -0.373 e. The molecule has 1 heterocycles. The number of hydrogen-bond donors (Lipinski definition) is 4. The van der Waals surface area contributed by atoms with Crippen LogP contribution in [0, 0.1) is 11.8 Å². The van der Waals surface area contributed by atoms with Crippen LogP contribution in [0.4, 0.5) is 0 Å². The number of nitrogens with two attached hydrogens (primary N) is 2. The highest BCUT2D eigenvalue weighted by Crippen LogP contribution is 2.22. The third kappa shape index (κ3) is 16.4. The molecule has 1 aromatic heterocycles. The van der Waals surface area contributed by atoms with Gasteiger partial charge in [0.05, 0.1) is 35.5 Å². The lowest BCUT2D eigenvalue weighted by Gasteiger charge is -2.31. The van der Waals surface area contributed by atoms with Crippen LogP contribution < -0.4 is 22.1 Å². The van der Waals surface area contributed by atoms with Crippen molar-refractivity contribution in [3.05, 3.63) is 11.9 Å². The van der Waals surface area contributed by atoms with Gasteiger partial charge in [0.25, 0.3) is 0 Å². The Morgan fingerprint density at radius 2 is 1.31 bits per heavy atom. The van der Waals surface area contributed by atoms with E-state index in [1.807, 2.05) is 61.6 Å². The van der Waals surface area contributed by atoms with Crippen molar-refractivity contribution in [2.24, 2.45) is 23.3 Å². The van der Waals surface area contributed by atoms with Crippen molar-refractivity contribution in [2.45, 2.75) is 143 Å². The van der Waals surface area contributed by atoms with E-state index in [1.54, 1.807) is 4.68 Å². The summed E-state index contributed by atoms with van der Waals surface area (Å²) in [6.45, 7) is 16.8. The molecule has 0 bridgehead atoms. The standard InChI is InChI=1S/C33H61N7O5/c1-23(2)30(43)26(34)13-9-11-19-36-28(41)16-15-25-21-40(39-38-25)32(5,6)22-45-33(7,8)18-17-29(42)37-20-12-10-14-27(35)31(44)24(3)4/h21,23-24,26-27H,9-20,22,34-35H2,1-8H3,(H,36,41)(H,37,42). The van der Waals surface area contributed by atoms with Gasteiger partial charge in [0.1, 0.15) is 0 Å². The van der Waals surface area contributed by atoms with E-state index in [0.717, 1.165) is 31.4 Å². The SMILES string of the molecule is CC(C)C(=O)C(N)CCCCNC(=O)CCc1cn(C(C)(C)COC(C)(C)CCC(=O)NCCCCC(N)C(=O)C(C)C)nn1. The number of amides is 2. The van der Waals surface area contributed by atoms with Crippen molar-refractivity contribution in [1.29, 1.82) is 0 Å². The Morgan fingerprint density at radius 3 is 1.80 bits per heavy atom. The van der Waals surface area contributed by atoms with Gasteiger partial charge in [0, 0.05) is 50.4 Å². The van der Waals surface area contributed by atoms with Crippen LogP contribution in [0.2, 0.25) is 0 Å². The van der Waals surface area contributed by atoms with E-state index < -0.39 is 23.2 Å². The van der Waals surface area contributed by atoms with Crippen LogP contribution in [0.5, 0.6) is 0 Å². The molecular formula is C33H61N7O5. The lowest BCUT2D eigenvalue weighted by Crippen LogP contribution is -2.38. The Bertz CT molecular complexity index is 1070. The third-order valence-electron chi connectivity index (χ3n) is 7.94. The number of hydrogen-bond acceptors (Lipinski definition) is 9. The number of aromatic nitrogens is 3. The topological polar surface area (TPSA) is 184 Å². The molecule has 2 unspecified atom stereocenters. The van der Waals surface area contributed by atoms with Crippen LogP contribution in [-0.4, -0.2) is 75.8 Å². The predicted octanol–water partition coefficient (Wildman–Crippen LogP) is 3.20. The van der Waals surface area contributed by atoms with E-state index >= 15 is 0 Å². The summed E-state index contributed by atoms with van der Waals surface area (Å²) in [6.07, 6.45) is 7.92. The van der Waals surface area contributed by atoms with Crippen molar-refractivity contribution in [3.63, 3.8) is 0 Å². The maximum absolute atomic E-state index is 12.4. The normalized spacial score (nSPS) is 13.6. The van der Waals surface area contributed by atoms with Gasteiger partial charge < -0.3 is 26.8 Å². The highest BCUT2D eigenvalue weighted by Gasteiger charge is 2.28. The second-order valence-electron chi connectivity index (χ2n) is 14.0. The molecule has 1 rings (SSSR count). The lowest BCUT2D eigenvalue weighted by molar-refractivity contribution is -0.124. The number of carbonyl (C=O) groups excluding carboxylic acids is 4. The van der Waals surface area contributed by atoms with E-state index in [-0.39, 0.29) is 35.2 Å². The summed E-state index contributed by atoms with van der Waals surface area (Å²) < 4.78 is 7.97. The van der Waals surface area contributed by atoms with Gasteiger partial charge in [-0.1, -0.05) is 32.9 Å². The van der Waals surface area contributed by atoms with Crippen LogP contribution in [0.1, 0.15) is 119 Å². The number of ether oxygens (including phenoxy) is 1. The summed E-state index contributed by atoms with van der Waals surface area (Å²) in [5.41, 5.74) is 11.6. The molecule has 2 atom stereocenters. The van der Waals surface area contributed by atoms with Crippen molar-refractivity contribution in [2.75, 3.05) is 19.7 Å². The zero-order valence-electron chi connectivity index (χ0n) is 29.1. The molecule has 0 fully saturated rings. The second-order valence-corrected chi connectivity index (χ2v) is 14.0. The highest BCUT2D eigenvalue weighted by molar-refractivity contribution is 5.85. The first-order valence-electron chi connectivity index (χ1n) is 16.6. The fourth-order valence-electron chi connectivity index (χ4n) is 4.63. The number of Topliss-reactive ketones (excluding diaryl/α,β-unsaturated/α-hetero) is 2. The second kappa shape index (κ2) is 19.7. The molecule has 0 aromatic carbocycles. The molecule has 12 nitrogen and oxygen atoms in total. The quantitative estimate of drug-likeness (QED) is 0.124. The van der Waals surface area contributed by atoms with Crippen molar-refractivity contribution in [3.8, 4) is 0 Å². The summed E-state index contributed by atoms with van der Waals surface area (Å²) >= 11 is 0. The zero-order chi connectivity index (χ0) is 34.2. The Labute approximate surface area is 270 Å². The number of nitrogens with zero attached hydrogens (tertiary/aromatic N) is 3. The molecule has 0 saturated heterocycles. The molecule has 1 aromatic rings. The van der Waals surface area contributed by atoms with Gasteiger partial charge in [-0.3, -0.25) is 19.2 Å². The number of carbonyl (C=O) groups is 4. The molecule has 0 aliphatic rings. The van der Waals surface area contributed by atoms with E-state index in [2.05, 4.69) is 20.9 Å². The molecular weight excluding hydrogens is 574 g/mol. The van der Waals surface area contributed by atoms with E-state index in [0.29, 0.717) is 58.2 Å². The van der Waals surface area contributed by atoms with Gasteiger partial charge in [0.2, 0.25) is 11.8 Å². The Hall–Kier alpha value is -2.70. The van der Waals surface area contributed by atoms with Crippen molar-refractivity contribution in [1.82, 2.24) is 25.6 Å². The zero-order valence-corrected chi connectivity index (χ0v) is 29.1. The summed E-state index contributed by atoms with van der Waals surface area (Å²) in [6, 6.07) is -0.864. The minimum absolute atomic E-state index is 0.0271. The first kappa shape index (κ1) is 40.3. The number of rotatable bonds is 24. The Kier molecular flexibility index (Phi) is 17.7. The lowest BCUT2D eigenvalue weighted by atomic mass is 9.98. The average molecular weight is 636 g/mol. The average Bonchev–Trinajstić information content (AvgIpc) is 3.47. The van der Waals surface area contributed by atoms with Gasteiger partial charge in [0.15, 0.2) is 11.6 Å². The van der Waals surface area contributed by atoms with E-state index in [9.17, 15) is 19.2 Å². The van der Waals surface area contributed by atoms with Gasteiger partial charge in [-0.25, -0.2) is 4.68 Å². The Morgan fingerprint density at radius 1 is 0.822 bits per heavy atom. The largest absolute Gasteiger partial charge is 0.373 e. The summed E-state index contributed by atoms with van der Waals surface area (Å²) in [4.78, 5) is 48.4. The predicted molar refractivity (Wildman–Crippen MR) is 176 cm³/mol. The van der Waals surface area contributed by atoms with Gasteiger partial charge >= 0.3 is 0 Å². The first-order valence-corrected chi connectivity index (χ1v) is 16.6. The van der Waals surface area contributed by atoms with Crippen LogP contribution in [0.25, 0.3) is 0 Å². The van der Waals surface area contributed by atoms with Crippen LogP contribution in [0.3, 0.4) is 0 Å². The van der Waals surface area contributed by atoms with Crippen LogP contribution in [-0.2, 0) is 35.9 Å². The molecule has 12 heteroatoms. The summed E-state index contributed by atoms with van der Waals surface area (Å²) in [7, 11) is 0. The maximum Gasteiger partial charge on any atom is 0.220 e. The molecule has 0 aliphatic carbocycles. The summed E-state index contributed by atoms with van der Waals surface area (Å²) in [5, 5.41) is 14.4. The fraction of sp³-hybridized carbons (Fsp3) is 0.818. The van der Waals surface area contributed by atoms with E-state index in [1.165, 1.54) is 0 Å². The van der Waals surface area contributed by atoms with Crippen LogP contribution in [0.15, 0.2) is 6.20 Å². The monoisotopic (exact) mass is 635 g/mol. The smallest absolute Gasteiger partial charge is 0.220 e. The molecule has 6 N–H and O–H groups in total. The number of nitrogens with one attached hydrogen (secondary N) is 2. The number of unbranched alkanes of at least 4 members (excludes halogenated alkanes) is 2. The minimum atomic E-state index is -0.519. The molecule has 258 valence electrons.